The highest BCUT2D eigenvalue weighted by Gasteiger charge is 2.22. The van der Waals surface area contributed by atoms with Crippen molar-refractivity contribution in [2.75, 3.05) is 0 Å². The van der Waals surface area contributed by atoms with Gasteiger partial charge in [0.2, 0.25) is 0 Å². The van der Waals surface area contributed by atoms with Crippen LogP contribution in [0.1, 0.15) is 0 Å². The van der Waals surface area contributed by atoms with Crippen LogP contribution in [0.5, 0.6) is 0 Å². The average molecular weight is 731 g/mol. The molecule has 13 aromatic rings. The lowest BCUT2D eigenvalue weighted by atomic mass is 9.81. The van der Waals surface area contributed by atoms with E-state index in [9.17, 15) is 0 Å². The number of hydrogen-bond donors (Lipinski definition) is 0. The van der Waals surface area contributed by atoms with Crippen molar-refractivity contribution in [1.82, 2.24) is 0 Å². The minimum Gasteiger partial charge on any atom is -0.0622 e. The van der Waals surface area contributed by atoms with Crippen LogP contribution < -0.4 is 0 Å². The summed E-state index contributed by atoms with van der Waals surface area (Å²) in [5.41, 5.74) is 10.0. The minimum absolute atomic E-state index is 1.22. The predicted octanol–water partition coefficient (Wildman–Crippen LogP) is 16.5. The van der Waals surface area contributed by atoms with Gasteiger partial charge in [0.25, 0.3) is 0 Å². The summed E-state index contributed by atoms with van der Waals surface area (Å²) >= 11 is 0. The van der Waals surface area contributed by atoms with Crippen LogP contribution in [0.4, 0.5) is 0 Å². The van der Waals surface area contributed by atoms with Gasteiger partial charge in [-0.3, -0.25) is 0 Å². The third kappa shape index (κ3) is 4.40. The first-order valence-corrected chi connectivity index (χ1v) is 20.3. The molecule has 13 rings (SSSR count). The Kier molecular flexibility index (Phi) is 6.54. The Balaban J connectivity index is 1.14. The fourth-order valence-corrected chi connectivity index (χ4v) is 10.4. The Morgan fingerprint density at radius 3 is 1.14 bits per heavy atom. The lowest BCUT2D eigenvalue weighted by molar-refractivity contribution is 1.62. The Morgan fingerprint density at radius 2 is 0.569 bits per heavy atom. The molecular formula is C58H34. The highest BCUT2D eigenvalue weighted by atomic mass is 14.3. The molecule has 58 heavy (non-hydrogen) atoms. The molecule has 0 bridgehead atoms. The van der Waals surface area contributed by atoms with Crippen LogP contribution in [0, 0.1) is 0 Å². The molecule has 0 N–H and O–H groups in total. The number of hydrogen-bond acceptors (Lipinski definition) is 0. The second-order valence-electron chi connectivity index (χ2n) is 15.9. The quantitative estimate of drug-likeness (QED) is 0.158. The van der Waals surface area contributed by atoms with Gasteiger partial charge in [-0.15, -0.1) is 0 Å². The van der Waals surface area contributed by atoms with Gasteiger partial charge in [-0.05, 0) is 137 Å². The van der Waals surface area contributed by atoms with E-state index < -0.39 is 0 Å². The second kappa shape index (κ2) is 12.0. The first-order valence-electron chi connectivity index (χ1n) is 20.3. The molecule has 0 spiro atoms. The molecule has 0 heterocycles. The van der Waals surface area contributed by atoms with Crippen LogP contribution in [0.25, 0.3) is 131 Å². The highest BCUT2D eigenvalue weighted by molar-refractivity contribution is 6.29. The van der Waals surface area contributed by atoms with Gasteiger partial charge in [-0.25, -0.2) is 0 Å². The zero-order valence-corrected chi connectivity index (χ0v) is 31.6. The number of benzene rings is 13. The van der Waals surface area contributed by atoms with Crippen LogP contribution in [0.15, 0.2) is 206 Å². The molecule has 0 fully saturated rings. The fraction of sp³-hybridized carbons (Fsp3) is 0. The van der Waals surface area contributed by atoms with E-state index in [-0.39, 0.29) is 0 Å². The average Bonchev–Trinajstić information content (AvgIpc) is 3.29. The molecular weight excluding hydrogens is 697 g/mol. The lowest BCUT2D eigenvalue weighted by Gasteiger charge is -2.22. The van der Waals surface area contributed by atoms with Gasteiger partial charge in [0.15, 0.2) is 0 Å². The first kappa shape index (κ1) is 31.6. The Bertz CT molecular complexity index is 3740. The summed E-state index contributed by atoms with van der Waals surface area (Å²) in [6.45, 7) is 0. The van der Waals surface area contributed by atoms with Gasteiger partial charge in [0.1, 0.15) is 0 Å². The van der Waals surface area contributed by atoms with E-state index in [2.05, 4.69) is 206 Å². The van der Waals surface area contributed by atoms with Crippen LogP contribution in [-0.2, 0) is 0 Å². The van der Waals surface area contributed by atoms with Crippen molar-refractivity contribution in [2.45, 2.75) is 0 Å². The summed E-state index contributed by atoms with van der Waals surface area (Å²) in [5.74, 6) is 0. The Labute approximate surface area is 335 Å². The van der Waals surface area contributed by atoms with Crippen molar-refractivity contribution in [2.24, 2.45) is 0 Å². The molecule has 0 aliphatic rings. The standard InChI is InChI=1S/C58H34/c1-2-10-35(11-3-1)52-34-53(47-29-25-41-23-21-37-13-9-15-39-27-31-50(47)57(41)55(37)39)58(48-19-7-6-18-44(48)52)51-33-32-45(42-16-4-5-17-43(42)51)46-28-24-40-22-20-36-12-8-14-38-26-30-49(46)56(40)54(36)38/h1-34H. The number of rotatable bonds is 4. The van der Waals surface area contributed by atoms with Gasteiger partial charge in [0, 0.05) is 0 Å². The maximum Gasteiger partial charge on any atom is -0.00199 e. The zero-order valence-electron chi connectivity index (χ0n) is 31.6. The van der Waals surface area contributed by atoms with E-state index >= 15 is 0 Å². The summed E-state index contributed by atoms with van der Waals surface area (Å²) in [4.78, 5) is 0. The van der Waals surface area contributed by atoms with Crippen molar-refractivity contribution < 1.29 is 0 Å². The molecule has 266 valence electrons. The molecule has 0 amide bonds. The molecule has 0 aliphatic carbocycles. The molecule has 13 aromatic carbocycles. The van der Waals surface area contributed by atoms with E-state index in [0.717, 1.165) is 0 Å². The predicted molar refractivity (Wildman–Crippen MR) is 251 cm³/mol. The zero-order chi connectivity index (χ0) is 37.9. The van der Waals surface area contributed by atoms with Gasteiger partial charge in [-0.2, -0.15) is 0 Å². The van der Waals surface area contributed by atoms with Crippen molar-refractivity contribution in [3.05, 3.63) is 206 Å². The molecule has 0 radical (unpaired) electrons. The summed E-state index contributed by atoms with van der Waals surface area (Å²) in [6, 6.07) is 77.3. The smallest absolute Gasteiger partial charge is 0.00199 e. The SMILES string of the molecule is c1ccc(-c2cc(-c3ccc4ccc5cccc6ccc3c4c56)c(-c3ccc(-c4ccc5ccc6cccc7ccc4c5c67)c4ccccc34)c3ccccc23)cc1. The van der Waals surface area contributed by atoms with E-state index in [1.54, 1.807) is 0 Å². The Hall–Kier alpha value is -7.54. The molecule has 0 unspecified atom stereocenters. The van der Waals surface area contributed by atoms with E-state index in [1.165, 1.54) is 131 Å². The summed E-state index contributed by atoms with van der Waals surface area (Å²) in [5, 5.41) is 20.7. The van der Waals surface area contributed by atoms with Crippen molar-refractivity contribution >= 4 is 86.2 Å². The van der Waals surface area contributed by atoms with Gasteiger partial charge >= 0.3 is 0 Å². The molecule has 0 heteroatoms. The van der Waals surface area contributed by atoms with Crippen LogP contribution in [-0.4, -0.2) is 0 Å². The molecule has 0 aromatic heterocycles. The van der Waals surface area contributed by atoms with Crippen LogP contribution in [0.3, 0.4) is 0 Å². The van der Waals surface area contributed by atoms with Crippen LogP contribution >= 0.6 is 0 Å². The number of fused-ring (bicyclic) bond motifs is 2. The Morgan fingerprint density at radius 1 is 0.190 bits per heavy atom. The summed E-state index contributed by atoms with van der Waals surface area (Å²) < 4.78 is 0. The minimum atomic E-state index is 1.22. The van der Waals surface area contributed by atoms with E-state index in [0.29, 0.717) is 0 Å². The summed E-state index contributed by atoms with van der Waals surface area (Å²) in [6.07, 6.45) is 0. The van der Waals surface area contributed by atoms with Crippen LogP contribution in [0.2, 0.25) is 0 Å². The molecule has 0 nitrogen and oxygen atoms in total. The summed E-state index contributed by atoms with van der Waals surface area (Å²) in [7, 11) is 0. The fourth-order valence-electron chi connectivity index (χ4n) is 10.4. The van der Waals surface area contributed by atoms with Crippen molar-refractivity contribution in [3.8, 4) is 44.5 Å². The van der Waals surface area contributed by atoms with Gasteiger partial charge < -0.3 is 0 Å². The molecule has 0 saturated carbocycles. The molecule has 0 atom stereocenters. The monoisotopic (exact) mass is 730 g/mol. The lowest BCUT2D eigenvalue weighted by Crippen LogP contribution is -1.95. The molecule has 0 saturated heterocycles. The van der Waals surface area contributed by atoms with E-state index in [1.807, 2.05) is 0 Å². The van der Waals surface area contributed by atoms with Gasteiger partial charge in [-0.1, -0.05) is 200 Å². The van der Waals surface area contributed by atoms with Gasteiger partial charge in [0.05, 0.1) is 0 Å². The van der Waals surface area contributed by atoms with Crippen molar-refractivity contribution in [1.29, 1.82) is 0 Å². The second-order valence-corrected chi connectivity index (χ2v) is 15.9. The van der Waals surface area contributed by atoms with E-state index in [4.69, 9.17) is 0 Å². The maximum absolute atomic E-state index is 2.47. The largest absolute Gasteiger partial charge is 0.0622 e. The normalized spacial score (nSPS) is 12.1. The topological polar surface area (TPSA) is 0 Å². The molecule has 0 aliphatic heterocycles. The van der Waals surface area contributed by atoms with Crippen molar-refractivity contribution in [3.63, 3.8) is 0 Å². The highest BCUT2D eigenvalue weighted by Crippen LogP contribution is 2.50. The maximum atomic E-state index is 2.47. The third-order valence-corrected chi connectivity index (χ3v) is 13.0. The first-order chi connectivity index (χ1) is 28.8. The third-order valence-electron chi connectivity index (χ3n) is 13.0.